The van der Waals surface area contributed by atoms with E-state index < -0.39 is 54.5 Å². The first-order valence-corrected chi connectivity index (χ1v) is 10.8. The topological polar surface area (TPSA) is 136 Å². The van der Waals surface area contributed by atoms with Crippen molar-refractivity contribution in [1.29, 1.82) is 0 Å². The third-order valence-corrected chi connectivity index (χ3v) is 4.73. The molecule has 2 rings (SSSR count). The van der Waals surface area contributed by atoms with Gasteiger partial charge in [-0.1, -0.05) is 11.6 Å². The molecule has 1 aromatic carbocycles. The number of esters is 4. The van der Waals surface area contributed by atoms with Crippen LogP contribution in [0.1, 0.15) is 27.7 Å². The predicted octanol–water partition coefficient (Wildman–Crippen LogP) is 1.68. The Morgan fingerprint density at radius 2 is 1.41 bits per heavy atom. The third-order valence-electron chi connectivity index (χ3n) is 4.28. The van der Waals surface area contributed by atoms with Crippen LogP contribution in [0.2, 0.25) is 5.02 Å². The zero-order valence-electron chi connectivity index (χ0n) is 18.8. The Kier molecular flexibility index (Phi) is 10.0. The van der Waals surface area contributed by atoms with Crippen LogP contribution in [0.15, 0.2) is 24.3 Å². The van der Waals surface area contributed by atoms with E-state index in [1.807, 2.05) is 0 Å². The molecule has 1 heterocycles. The molecule has 11 nitrogen and oxygen atoms in total. The molecule has 34 heavy (non-hydrogen) atoms. The van der Waals surface area contributed by atoms with E-state index in [1.54, 1.807) is 24.3 Å². The van der Waals surface area contributed by atoms with E-state index >= 15 is 0 Å². The van der Waals surface area contributed by atoms with E-state index in [1.165, 1.54) is 6.92 Å². The molecule has 5 unspecified atom stereocenters. The Hall–Kier alpha value is -2.96. The van der Waals surface area contributed by atoms with E-state index in [-0.39, 0.29) is 11.8 Å². The number of thiocarbonyl (C=S) groups is 1. The molecule has 0 saturated carbocycles. The zero-order chi connectivity index (χ0) is 25.4. The molecule has 1 aromatic rings. The Bertz CT molecular complexity index is 925. The van der Waals surface area contributed by atoms with Crippen LogP contribution in [0.5, 0.6) is 5.75 Å². The van der Waals surface area contributed by atoms with Gasteiger partial charge in [0.1, 0.15) is 18.5 Å². The molecule has 1 aliphatic rings. The number of hydrogen-bond acceptors (Lipinski definition) is 11. The Labute approximate surface area is 205 Å². The minimum absolute atomic E-state index is 0.178. The predicted molar refractivity (Wildman–Crippen MR) is 120 cm³/mol. The maximum atomic E-state index is 11.8. The quantitative estimate of drug-likeness (QED) is 0.320. The first kappa shape index (κ1) is 27.3. The van der Waals surface area contributed by atoms with Crippen LogP contribution in [0.3, 0.4) is 0 Å². The lowest BCUT2D eigenvalue weighted by Crippen LogP contribution is -2.66. The molecule has 0 bridgehead atoms. The van der Waals surface area contributed by atoms with Crippen LogP contribution < -0.4 is 10.1 Å². The fraction of sp³-hybridized carbons (Fsp3) is 0.476. The zero-order valence-corrected chi connectivity index (χ0v) is 20.3. The summed E-state index contributed by atoms with van der Waals surface area (Å²) in [6.45, 7) is 4.22. The lowest BCUT2D eigenvalue weighted by Gasteiger charge is -2.44. The number of halogens is 1. The molecule has 0 spiro atoms. The largest absolute Gasteiger partial charge is 0.463 e. The standard InChI is InChI=1S/C21H24ClNO10S/c1-10(24)28-9-16-17(29-11(2)25)18(30-12(3)26)19(31-13(4)27)20(33-16)23-21(34)32-15-7-5-14(22)6-8-15/h5-8,16-20H,9H2,1-4H3,(H,23,34). The van der Waals surface area contributed by atoms with Crippen molar-refractivity contribution in [2.24, 2.45) is 0 Å². The van der Waals surface area contributed by atoms with E-state index in [0.29, 0.717) is 10.8 Å². The van der Waals surface area contributed by atoms with Crippen molar-refractivity contribution in [3.63, 3.8) is 0 Å². The summed E-state index contributed by atoms with van der Waals surface area (Å²) >= 11 is 11.1. The van der Waals surface area contributed by atoms with Crippen LogP contribution in [0.25, 0.3) is 0 Å². The van der Waals surface area contributed by atoms with E-state index in [9.17, 15) is 19.2 Å². The number of benzene rings is 1. The summed E-state index contributed by atoms with van der Waals surface area (Å²) in [6.07, 6.45) is -6.25. The lowest BCUT2D eigenvalue weighted by molar-refractivity contribution is -0.255. The van der Waals surface area contributed by atoms with Crippen molar-refractivity contribution in [3.8, 4) is 5.75 Å². The number of carbonyl (C=O) groups excluding carboxylic acids is 4. The highest BCUT2D eigenvalue weighted by molar-refractivity contribution is 7.80. The first-order valence-electron chi connectivity index (χ1n) is 10.0. The van der Waals surface area contributed by atoms with Gasteiger partial charge in [-0.05, 0) is 36.5 Å². The summed E-state index contributed by atoms with van der Waals surface area (Å²) in [5.41, 5.74) is 0. The van der Waals surface area contributed by atoms with Gasteiger partial charge in [0.2, 0.25) is 0 Å². The molecule has 0 aliphatic carbocycles. The van der Waals surface area contributed by atoms with Gasteiger partial charge in [0, 0.05) is 32.7 Å². The van der Waals surface area contributed by atoms with Gasteiger partial charge in [0.05, 0.1) is 0 Å². The van der Waals surface area contributed by atoms with Gasteiger partial charge in [-0.15, -0.1) is 0 Å². The minimum atomic E-state index is -1.32. The van der Waals surface area contributed by atoms with Crippen molar-refractivity contribution in [3.05, 3.63) is 29.3 Å². The van der Waals surface area contributed by atoms with Gasteiger partial charge in [-0.3, -0.25) is 19.2 Å². The Morgan fingerprint density at radius 3 is 1.94 bits per heavy atom. The van der Waals surface area contributed by atoms with E-state index in [2.05, 4.69) is 5.32 Å². The van der Waals surface area contributed by atoms with Gasteiger partial charge in [0.15, 0.2) is 24.5 Å². The smallest absolute Gasteiger partial charge is 0.303 e. The Balaban J connectivity index is 2.35. The average molecular weight is 518 g/mol. The highest BCUT2D eigenvalue weighted by Crippen LogP contribution is 2.28. The number of nitrogens with one attached hydrogen (secondary N) is 1. The minimum Gasteiger partial charge on any atom is -0.463 e. The van der Waals surface area contributed by atoms with Crippen LogP contribution in [-0.4, -0.2) is 66.3 Å². The van der Waals surface area contributed by atoms with Crippen molar-refractivity contribution in [2.75, 3.05) is 6.61 Å². The molecule has 13 heteroatoms. The summed E-state index contributed by atoms with van der Waals surface area (Å²) in [7, 11) is 0. The summed E-state index contributed by atoms with van der Waals surface area (Å²) in [6, 6.07) is 6.33. The summed E-state index contributed by atoms with van der Waals surface area (Å²) in [5, 5.41) is 3.05. The van der Waals surface area contributed by atoms with Gasteiger partial charge in [-0.2, -0.15) is 0 Å². The molecule has 0 aromatic heterocycles. The molecule has 0 amide bonds. The molecule has 1 fully saturated rings. The average Bonchev–Trinajstić information content (AvgIpc) is 2.71. The molecule has 1 saturated heterocycles. The summed E-state index contributed by atoms with van der Waals surface area (Å²) in [5.74, 6) is -2.48. The lowest BCUT2D eigenvalue weighted by atomic mass is 9.97. The van der Waals surface area contributed by atoms with Crippen LogP contribution in [0, 0.1) is 0 Å². The summed E-state index contributed by atoms with van der Waals surface area (Å²) < 4.78 is 32.4. The molecule has 5 atom stereocenters. The van der Waals surface area contributed by atoms with Crippen molar-refractivity contribution >= 4 is 52.9 Å². The SMILES string of the molecule is CC(=O)OCC1OC(NC(=S)Oc2ccc(Cl)cc2)C(OC(C)=O)C(OC(C)=O)C1OC(C)=O. The van der Waals surface area contributed by atoms with Crippen molar-refractivity contribution in [1.82, 2.24) is 5.32 Å². The molecule has 1 N–H and O–H groups in total. The van der Waals surface area contributed by atoms with Gasteiger partial charge in [0.25, 0.3) is 5.17 Å². The van der Waals surface area contributed by atoms with Gasteiger partial charge >= 0.3 is 23.9 Å². The maximum absolute atomic E-state index is 11.8. The number of rotatable bonds is 7. The number of carbonyl (C=O) groups is 4. The monoisotopic (exact) mass is 517 g/mol. The Morgan fingerprint density at radius 1 is 0.882 bits per heavy atom. The molecule has 1 aliphatic heterocycles. The van der Waals surface area contributed by atoms with E-state index in [4.69, 9.17) is 52.2 Å². The fourth-order valence-corrected chi connectivity index (χ4v) is 3.44. The van der Waals surface area contributed by atoms with Crippen LogP contribution in [0.4, 0.5) is 0 Å². The second kappa shape index (κ2) is 12.5. The summed E-state index contributed by atoms with van der Waals surface area (Å²) in [4.78, 5) is 46.8. The van der Waals surface area contributed by atoms with Gasteiger partial charge < -0.3 is 33.7 Å². The first-order chi connectivity index (χ1) is 16.0. The van der Waals surface area contributed by atoms with E-state index in [0.717, 1.165) is 20.8 Å². The number of hydrogen-bond donors (Lipinski definition) is 1. The molecular formula is C21H24ClNO10S. The second-order valence-corrected chi connectivity index (χ2v) is 7.91. The molecular weight excluding hydrogens is 494 g/mol. The number of ether oxygens (including phenoxy) is 6. The van der Waals surface area contributed by atoms with Crippen molar-refractivity contribution in [2.45, 2.75) is 58.3 Å². The second-order valence-electron chi connectivity index (χ2n) is 7.11. The molecule has 186 valence electrons. The highest BCUT2D eigenvalue weighted by Gasteiger charge is 2.52. The maximum Gasteiger partial charge on any atom is 0.303 e. The molecule has 0 radical (unpaired) electrons. The normalized spacial score (nSPS) is 23.7. The highest BCUT2D eigenvalue weighted by atomic mass is 35.5. The fourth-order valence-electron chi connectivity index (χ4n) is 3.10. The van der Waals surface area contributed by atoms with Gasteiger partial charge in [-0.25, -0.2) is 0 Å². The van der Waals surface area contributed by atoms with Crippen LogP contribution in [-0.2, 0) is 42.9 Å². The van der Waals surface area contributed by atoms with Crippen molar-refractivity contribution < 1.29 is 47.6 Å². The third kappa shape index (κ3) is 8.43. The van der Waals surface area contributed by atoms with Crippen LogP contribution >= 0.6 is 23.8 Å².